The van der Waals surface area contributed by atoms with E-state index in [-0.39, 0.29) is 11.7 Å². The Bertz CT molecular complexity index is 460. The van der Waals surface area contributed by atoms with Crippen LogP contribution in [0.4, 0.5) is 5.82 Å². The van der Waals surface area contributed by atoms with Crippen LogP contribution in [-0.4, -0.2) is 33.2 Å². The number of amides is 1. The fourth-order valence-corrected chi connectivity index (χ4v) is 2.16. The summed E-state index contributed by atoms with van der Waals surface area (Å²) in [5, 5.41) is 19.5. The molecule has 0 saturated heterocycles. The number of carboxylic acids is 1. The minimum atomic E-state index is -0.799. The third-order valence-corrected chi connectivity index (χ3v) is 3.08. The van der Waals surface area contributed by atoms with E-state index in [0.29, 0.717) is 12.2 Å². The van der Waals surface area contributed by atoms with Crippen molar-refractivity contribution in [2.24, 2.45) is 11.7 Å². The molecule has 0 aliphatic heterocycles. The molecule has 1 aliphatic rings. The molecule has 4 N–H and O–H groups in total. The number of primary amides is 1. The van der Waals surface area contributed by atoms with Crippen molar-refractivity contribution < 1.29 is 14.7 Å². The maximum Gasteiger partial charge on any atom is 0.308 e. The molecule has 2 rings (SSSR count). The van der Waals surface area contributed by atoms with Crippen molar-refractivity contribution in [1.29, 1.82) is 0 Å². The zero-order valence-electron chi connectivity index (χ0n) is 9.67. The van der Waals surface area contributed by atoms with Gasteiger partial charge in [-0.1, -0.05) is 6.42 Å². The summed E-state index contributed by atoms with van der Waals surface area (Å²) in [5.74, 6) is -1.38. The van der Waals surface area contributed by atoms with Crippen molar-refractivity contribution in [2.45, 2.75) is 25.3 Å². The largest absolute Gasteiger partial charge is 0.481 e. The molecule has 96 valence electrons. The summed E-state index contributed by atoms with van der Waals surface area (Å²) in [5.41, 5.74) is 5.13. The van der Waals surface area contributed by atoms with Crippen LogP contribution < -0.4 is 11.1 Å². The van der Waals surface area contributed by atoms with Crippen molar-refractivity contribution in [3.8, 4) is 0 Å². The molecular formula is C11H14N4O3. The van der Waals surface area contributed by atoms with Gasteiger partial charge in [0, 0.05) is 6.04 Å². The average molecular weight is 250 g/mol. The first-order valence-corrected chi connectivity index (χ1v) is 5.71. The SMILES string of the molecule is NC(=O)c1ccc(NC2CCCC2C(=O)O)nn1. The van der Waals surface area contributed by atoms with Gasteiger partial charge in [-0.05, 0) is 25.0 Å². The fourth-order valence-electron chi connectivity index (χ4n) is 2.16. The number of aliphatic carboxylic acids is 1. The van der Waals surface area contributed by atoms with E-state index < -0.39 is 17.8 Å². The number of carbonyl (C=O) groups is 2. The number of hydrogen-bond acceptors (Lipinski definition) is 5. The number of rotatable bonds is 4. The first-order chi connectivity index (χ1) is 8.58. The van der Waals surface area contributed by atoms with E-state index in [1.165, 1.54) is 6.07 Å². The Morgan fingerprint density at radius 2 is 2.11 bits per heavy atom. The molecule has 1 saturated carbocycles. The van der Waals surface area contributed by atoms with Crippen LogP contribution in [0, 0.1) is 5.92 Å². The van der Waals surface area contributed by atoms with Gasteiger partial charge in [-0.25, -0.2) is 0 Å². The summed E-state index contributed by atoms with van der Waals surface area (Å²) in [4.78, 5) is 21.8. The minimum Gasteiger partial charge on any atom is -0.481 e. The number of aromatic nitrogens is 2. The summed E-state index contributed by atoms with van der Waals surface area (Å²) in [6, 6.07) is 2.89. The van der Waals surface area contributed by atoms with Crippen LogP contribution in [-0.2, 0) is 4.79 Å². The summed E-state index contributed by atoms with van der Waals surface area (Å²) in [7, 11) is 0. The van der Waals surface area contributed by atoms with Gasteiger partial charge in [0.2, 0.25) is 0 Å². The van der Waals surface area contributed by atoms with Crippen molar-refractivity contribution in [1.82, 2.24) is 10.2 Å². The molecule has 1 fully saturated rings. The summed E-state index contributed by atoms with van der Waals surface area (Å²) < 4.78 is 0. The molecule has 0 aromatic carbocycles. The lowest BCUT2D eigenvalue weighted by atomic mass is 10.0. The first kappa shape index (κ1) is 12.3. The van der Waals surface area contributed by atoms with E-state index in [1.54, 1.807) is 6.07 Å². The molecule has 0 spiro atoms. The van der Waals surface area contributed by atoms with Gasteiger partial charge in [-0.3, -0.25) is 9.59 Å². The molecule has 7 heteroatoms. The Hall–Kier alpha value is -2.18. The zero-order chi connectivity index (χ0) is 13.1. The monoisotopic (exact) mass is 250 g/mol. The predicted octanol–water partition coefficient (Wildman–Crippen LogP) is 0.241. The van der Waals surface area contributed by atoms with Crippen molar-refractivity contribution in [3.05, 3.63) is 17.8 Å². The van der Waals surface area contributed by atoms with Crippen LogP contribution in [0.3, 0.4) is 0 Å². The number of nitrogens with zero attached hydrogens (tertiary/aromatic N) is 2. The van der Waals surface area contributed by atoms with Gasteiger partial charge < -0.3 is 16.2 Å². The number of hydrogen-bond donors (Lipinski definition) is 3. The van der Waals surface area contributed by atoms with Crippen molar-refractivity contribution >= 4 is 17.7 Å². The van der Waals surface area contributed by atoms with Gasteiger partial charge >= 0.3 is 5.97 Å². The molecular weight excluding hydrogens is 236 g/mol. The van der Waals surface area contributed by atoms with Crippen LogP contribution >= 0.6 is 0 Å². The molecule has 1 heterocycles. The van der Waals surface area contributed by atoms with E-state index in [9.17, 15) is 9.59 Å². The lowest BCUT2D eigenvalue weighted by Crippen LogP contribution is -2.30. The maximum absolute atomic E-state index is 11.0. The summed E-state index contributed by atoms with van der Waals surface area (Å²) >= 11 is 0. The fraction of sp³-hybridized carbons (Fsp3) is 0.455. The van der Waals surface area contributed by atoms with E-state index in [2.05, 4.69) is 15.5 Å². The van der Waals surface area contributed by atoms with E-state index in [1.807, 2.05) is 0 Å². The van der Waals surface area contributed by atoms with Crippen LogP contribution in [0.15, 0.2) is 12.1 Å². The van der Waals surface area contributed by atoms with Crippen molar-refractivity contribution in [2.75, 3.05) is 5.32 Å². The van der Waals surface area contributed by atoms with Gasteiger partial charge in [0.15, 0.2) is 5.69 Å². The minimum absolute atomic E-state index is 0.0850. The first-order valence-electron chi connectivity index (χ1n) is 5.71. The Balaban J connectivity index is 2.05. The second kappa shape index (κ2) is 4.99. The summed E-state index contributed by atoms with van der Waals surface area (Å²) in [6.45, 7) is 0. The van der Waals surface area contributed by atoms with E-state index in [4.69, 9.17) is 10.8 Å². The second-order valence-corrected chi connectivity index (χ2v) is 4.29. The van der Waals surface area contributed by atoms with Gasteiger partial charge in [0.05, 0.1) is 5.92 Å². The van der Waals surface area contributed by atoms with Crippen LogP contribution in [0.1, 0.15) is 29.8 Å². The standard InChI is InChI=1S/C11H14N4O3/c12-10(16)8-4-5-9(15-14-8)13-7-3-1-2-6(7)11(17)18/h4-7H,1-3H2,(H2,12,16)(H,13,15)(H,17,18). The molecule has 18 heavy (non-hydrogen) atoms. The van der Waals surface area contributed by atoms with Crippen LogP contribution in [0.25, 0.3) is 0 Å². The number of nitrogens with one attached hydrogen (secondary N) is 1. The highest BCUT2D eigenvalue weighted by Crippen LogP contribution is 2.28. The molecule has 1 amide bonds. The Kier molecular flexibility index (Phi) is 3.40. The Labute approximate surface area is 103 Å². The lowest BCUT2D eigenvalue weighted by molar-refractivity contribution is -0.141. The van der Waals surface area contributed by atoms with Crippen molar-refractivity contribution in [3.63, 3.8) is 0 Å². The number of nitrogens with two attached hydrogens (primary N) is 1. The van der Waals surface area contributed by atoms with E-state index >= 15 is 0 Å². The maximum atomic E-state index is 11.0. The Morgan fingerprint density at radius 1 is 1.33 bits per heavy atom. The highest BCUT2D eigenvalue weighted by atomic mass is 16.4. The quantitative estimate of drug-likeness (QED) is 0.704. The predicted molar refractivity (Wildman–Crippen MR) is 62.9 cm³/mol. The average Bonchev–Trinajstić information content (AvgIpc) is 2.78. The molecule has 1 aliphatic carbocycles. The highest BCUT2D eigenvalue weighted by Gasteiger charge is 2.33. The molecule has 1 aromatic rings. The molecule has 2 atom stereocenters. The topological polar surface area (TPSA) is 118 Å². The summed E-state index contributed by atoms with van der Waals surface area (Å²) in [6.07, 6.45) is 2.33. The third-order valence-electron chi connectivity index (χ3n) is 3.08. The van der Waals surface area contributed by atoms with Gasteiger partial charge in [0.25, 0.3) is 5.91 Å². The molecule has 0 radical (unpaired) electrons. The number of carbonyl (C=O) groups excluding carboxylic acids is 1. The zero-order valence-corrected chi connectivity index (χ0v) is 9.67. The molecule has 0 bridgehead atoms. The van der Waals surface area contributed by atoms with Gasteiger partial charge in [-0.2, -0.15) is 0 Å². The normalized spacial score (nSPS) is 22.7. The number of carboxylic acid groups (broad SMARTS) is 1. The molecule has 2 unspecified atom stereocenters. The van der Waals surface area contributed by atoms with Gasteiger partial charge in [-0.15, -0.1) is 10.2 Å². The lowest BCUT2D eigenvalue weighted by Gasteiger charge is -2.17. The third kappa shape index (κ3) is 2.55. The van der Waals surface area contributed by atoms with E-state index in [0.717, 1.165) is 12.8 Å². The van der Waals surface area contributed by atoms with Crippen LogP contribution in [0.5, 0.6) is 0 Å². The molecule has 1 aromatic heterocycles. The molecule has 7 nitrogen and oxygen atoms in total. The second-order valence-electron chi connectivity index (χ2n) is 4.29. The van der Waals surface area contributed by atoms with Crippen LogP contribution in [0.2, 0.25) is 0 Å². The van der Waals surface area contributed by atoms with Gasteiger partial charge in [0.1, 0.15) is 5.82 Å². The smallest absolute Gasteiger partial charge is 0.308 e. The highest BCUT2D eigenvalue weighted by molar-refractivity contribution is 5.90. The number of anilines is 1. The Morgan fingerprint density at radius 3 is 2.67 bits per heavy atom.